The first-order valence-electron chi connectivity index (χ1n) is 6.70. The van der Waals surface area contributed by atoms with E-state index in [4.69, 9.17) is 11.6 Å². The molecule has 100 valence electrons. The molecule has 0 bridgehead atoms. The summed E-state index contributed by atoms with van der Waals surface area (Å²) < 4.78 is 0. The molecule has 0 spiro atoms. The lowest BCUT2D eigenvalue weighted by Crippen LogP contribution is -2.54. The van der Waals surface area contributed by atoms with Gasteiger partial charge in [0.05, 0.1) is 0 Å². The van der Waals surface area contributed by atoms with Crippen molar-refractivity contribution in [3.8, 4) is 0 Å². The molecule has 0 amide bonds. The molecular formula is C14H27ClN2. The molecule has 0 heterocycles. The highest BCUT2D eigenvalue weighted by molar-refractivity contribution is 6.18. The molecule has 0 aromatic rings. The number of halogens is 1. The average Bonchev–Trinajstić information content (AvgIpc) is 2.28. The van der Waals surface area contributed by atoms with E-state index in [0.29, 0.717) is 11.4 Å². The maximum Gasteiger partial charge on any atom is 0.0404 e. The zero-order chi connectivity index (χ0) is 12.7. The van der Waals surface area contributed by atoms with Gasteiger partial charge in [0.15, 0.2) is 0 Å². The van der Waals surface area contributed by atoms with Crippen molar-refractivity contribution in [2.75, 3.05) is 33.1 Å². The number of alkyl halides is 1. The van der Waals surface area contributed by atoms with Crippen molar-refractivity contribution in [3.05, 3.63) is 12.2 Å². The van der Waals surface area contributed by atoms with Crippen LogP contribution in [0, 0.1) is 5.92 Å². The molecule has 1 fully saturated rings. The van der Waals surface area contributed by atoms with Crippen LogP contribution in [-0.2, 0) is 0 Å². The molecule has 1 N–H and O–H groups in total. The Morgan fingerprint density at radius 3 is 2.76 bits per heavy atom. The number of hydrogen-bond donors (Lipinski definition) is 1. The first-order chi connectivity index (χ1) is 8.10. The molecule has 2 atom stereocenters. The molecule has 2 nitrogen and oxygen atoms in total. The quantitative estimate of drug-likeness (QED) is 0.448. The fourth-order valence-corrected chi connectivity index (χ4v) is 3.02. The van der Waals surface area contributed by atoms with Gasteiger partial charge in [-0.1, -0.05) is 31.9 Å². The van der Waals surface area contributed by atoms with Gasteiger partial charge in [-0.25, -0.2) is 0 Å². The van der Waals surface area contributed by atoms with Crippen LogP contribution in [0.2, 0.25) is 0 Å². The zero-order valence-corrected chi connectivity index (χ0v) is 12.3. The Morgan fingerprint density at radius 1 is 1.41 bits per heavy atom. The standard InChI is InChI=1S/C14H27ClN2/c1-13-7-6-8-14(11-13,17(2)3)12-16-10-5-4-9-15/h4-5,13,16H,6-12H2,1-3H3/b5-4+. The summed E-state index contributed by atoms with van der Waals surface area (Å²) in [6.07, 6.45) is 9.49. The van der Waals surface area contributed by atoms with Gasteiger partial charge in [0, 0.05) is 24.5 Å². The van der Waals surface area contributed by atoms with Gasteiger partial charge in [-0.15, -0.1) is 11.6 Å². The van der Waals surface area contributed by atoms with Crippen molar-refractivity contribution in [1.82, 2.24) is 10.2 Å². The first-order valence-corrected chi connectivity index (χ1v) is 7.23. The molecule has 0 saturated heterocycles. The van der Waals surface area contributed by atoms with Crippen molar-refractivity contribution in [2.45, 2.75) is 38.1 Å². The first kappa shape index (κ1) is 15.0. The topological polar surface area (TPSA) is 15.3 Å². The summed E-state index contributed by atoms with van der Waals surface area (Å²) in [4.78, 5) is 2.42. The second-order valence-corrected chi connectivity index (χ2v) is 5.89. The van der Waals surface area contributed by atoms with E-state index < -0.39 is 0 Å². The van der Waals surface area contributed by atoms with Gasteiger partial charge in [-0.2, -0.15) is 0 Å². The number of allylic oxidation sites excluding steroid dienone is 1. The van der Waals surface area contributed by atoms with Crippen molar-refractivity contribution < 1.29 is 0 Å². The third kappa shape index (κ3) is 4.61. The van der Waals surface area contributed by atoms with Gasteiger partial charge in [-0.3, -0.25) is 0 Å². The average molecular weight is 259 g/mol. The number of nitrogens with one attached hydrogen (secondary N) is 1. The van der Waals surface area contributed by atoms with Crippen LogP contribution in [0.5, 0.6) is 0 Å². The Bertz CT molecular complexity index is 240. The monoisotopic (exact) mass is 258 g/mol. The van der Waals surface area contributed by atoms with Crippen LogP contribution in [0.25, 0.3) is 0 Å². The maximum absolute atomic E-state index is 5.60. The molecule has 17 heavy (non-hydrogen) atoms. The van der Waals surface area contributed by atoms with Gasteiger partial charge >= 0.3 is 0 Å². The Morgan fingerprint density at radius 2 is 2.18 bits per heavy atom. The van der Waals surface area contributed by atoms with E-state index in [1.54, 1.807) is 0 Å². The Hall–Kier alpha value is -0.0500. The van der Waals surface area contributed by atoms with Crippen LogP contribution in [0.3, 0.4) is 0 Å². The predicted molar refractivity (Wildman–Crippen MR) is 76.8 cm³/mol. The van der Waals surface area contributed by atoms with Crippen molar-refractivity contribution >= 4 is 11.6 Å². The second kappa shape index (κ2) is 7.40. The van der Waals surface area contributed by atoms with Crippen LogP contribution >= 0.6 is 11.6 Å². The fraction of sp³-hybridized carbons (Fsp3) is 0.857. The highest BCUT2D eigenvalue weighted by Gasteiger charge is 2.36. The van der Waals surface area contributed by atoms with Crippen LogP contribution in [-0.4, -0.2) is 43.5 Å². The summed E-state index contributed by atoms with van der Waals surface area (Å²) in [7, 11) is 4.43. The van der Waals surface area contributed by atoms with E-state index in [1.807, 2.05) is 6.08 Å². The van der Waals surface area contributed by atoms with Crippen LogP contribution in [0.4, 0.5) is 0 Å². The SMILES string of the molecule is CC1CCCC(CNC/C=C/CCl)(N(C)C)C1. The van der Waals surface area contributed by atoms with Gasteiger partial charge in [0.2, 0.25) is 0 Å². The van der Waals surface area contributed by atoms with E-state index in [-0.39, 0.29) is 0 Å². The van der Waals surface area contributed by atoms with E-state index in [0.717, 1.165) is 19.0 Å². The van der Waals surface area contributed by atoms with Gasteiger partial charge < -0.3 is 10.2 Å². The largest absolute Gasteiger partial charge is 0.311 e. The minimum absolute atomic E-state index is 0.354. The predicted octanol–water partition coefficient (Wildman–Crippen LogP) is 2.88. The van der Waals surface area contributed by atoms with E-state index in [2.05, 4.69) is 37.3 Å². The number of hydrogen-bond acceptors (Lipinski definition) is 2. The number of nitrogens with zero attached hydrogens (tertiary/aromatic N) is 1. The second-order valence-electron chi connectivity index (χ2n) is 5.58. The molecular weight excluding hydrogens is 232 g/mol. The van der Waals surface area contributed by atoms with Crippen LogP contribution < -0.4 is 5.32 Å². The molecule has 1 aliphatic rings. The van der Waals surface area contributed by atoms with Gasteiger partial charge in [-0.05, 0) is 32.9 Å². The van der Waals surface area contributed by atoms with Gasteiger partial charge in [0.1, 0.15) is 0 Å². The lowest BCUT2D eigenvalue weighted by Gasteiger charge is -2.45. The molecule has 0 aromatic carbocycles. The summed E-state index contributed by atoms with van der Waals surface area (Å²) in [5.41, 5.74) is 0.354. The molecule has 1 aliphatic carbocycles. The molecule has 0 radical (unpaired) electrons. The molecule has 1 rings (SSSR count). The highest BCUT2D eigenvalue weighted by Crippen LogP contribution is 2.35. The Labute approximate surface area is 111 Å². The Balaban J connectivity index is 2.45. The molecule has 0 aromatic heterocycles. The number of likely N-dealkylation sites (N-methyl/N-ethyl adjacent to an activating group) is 1. The smallest absolute Gasteiger partial charge is 0.0404 e. The van der Waals surface area contributed by atoms with Crippen molar-refractivity contribution in [2.24, 2.45) is 5.92 Å². The van der Waals surface area contributed by atoms with Crippen LogP contribution in [0.15, 0.2) is 12.2 Å². The summed E-state index contributed by atoms with van der Waals surface area (Å²) in [6, 6.07) is 0. The summed E-state index contributed by atoms with van der Waals surface area (Å²) in [6.45, 7) is 4.39. The Kier molecular flexibility index (Phi) is 6.53. The van der Waals surface area contributed by atoms with E-state index in [9.17, 15) is 0 Å². The summed E-state index contributed by atoms with van der Waals surface area (Å²) in [5, 5.41) is 3.55. The van der Waals surface area contributed by atoms with Gasteiger partial charge in [0.25, 0.3) is 0 Å². The van der Waals surface area contributed by atoms with Crippen molar-refractivity contribution in [3.63, 3.8) is 0 Å². The van der Waals surface area contributed by atoms with Crippen LogP contribution in [0.1, 0.15) is 32.6 Å². The maximum atomic E-state index is 5.60. The molecule has 0 aliphatic heterocycles. The minimum Gasteiger partial charge on any atom is -0.311 e. The number of rotatable bonds is 6. The molecule has 3 heteroatoms. The zero-order valence-electron chi connectivity index (χ0n) is 11.5. The lowest BCUT2D eigenvalue weighted by molar-refractivity contribution is 0.0763. The third-order valence-electron chi connectivity index (χ3n) is 3.99. The molecule has 1 saturated carbocycles. The lowest BCUT2D eigenvalue weighted by atomic mass is 9.75. The minimum atomic E-state index is 0.354. The van der Waals surface area contributed by atoms with E-state index >= 15 is 0 Å². The fourth-order valence-electron chi connectivity index (χ4n) is 2.89. The van der Waals surface area contributed by atoms with E-state index in [1.165, 1.54) is 25.7 Å². The highest BCUT2D eigenvalue weighted by atomic mass is 35.5. The van der Waals surface area contributed by atoms with Crippen molar-refractivity contribution in [1.29, 1.82) is 0 Å². The molecule has 2 unspecified atom stereocenters. The summed E-state index contributed by atoms with van der Waals surface area (Å²) >= 11 is 5.60. The summed E-state index contributed by atoms with van der Waals surface area (Å²) in [5.74, 6) is 1.46. The normalized spacial score (nSPS) is 30.3. The third-order valence-corrected chi connectivity index (χ3v) is 4.17.